The molecule has 0 aliphatic rings. The number of hydrogen-bond acceptors (Lipinski definition) is 1. The molecule has 2 heteroatoms. The molecule has 0 aliphatic carbocycles. The molecule has 0 heterocycles. The van der Waals surface area contributed by atoms with Gasteiger partial charge in [-0.25, -0.2) is 0 Å². The molecule has 0 bridgehead atoms. The second-order valence-electron chi connectivity index (χ2n) is 5.46. The third kappa shape index (κ3) is 2.75. The highest BCUT2D eigenvalue weighted by atomic mass is 79.9. The zero-order valence-corrected chi connectivity index (χ0v) is 13.5. The van der Waals surface area contributed by atoms with Crippen LogP contribution in [-0.4, -0.2) is 0 Å². The molecule has 0 amide bonds. The van der Waals surface area contributed by atoms with Gasteiger partial charge in [0, 0.05) is 4.47 Å². The number of aryl methyl sites for hydroxylation is 3. The highest BCUT2D eigenvalue weighted by Gasteiger charge is 2.25. The second kappa shape index (κ2) is 5.10. The second-order valence-corrected chi connectivity index (χ2v) is 6.38. The van der Waals surface area contributed by atoms with Gasteiger partial charge in [0.05, 0.1) is 5.54 Å². The highest BCUT2D eigenvalue weighted by Crippen LogP contribution is 2.31. The number of nitrogens with two attached hydrogens (primary N) is 1. The Morgan fingerprint density at radius 3 is 2.00 bits per heavy atom. The van der Waals surface area contributed by atoms with E-state index < -0.39 is 5.54 Å². The lowest BCUT2D eigenvalue weighted by molar-refractivity contribution is 0.598. The van der Waals surface area contributed by atoms with Crippen molar-refractivity contribution in [1.82, 2.24) is 0 Å². The van der Waals surface area contributed by atoms with Crippen molar-refractivity contribution in [3.63, 3.8) is 0 Å². The van der Waals surface area contributed by atoms with Crippen LogP contribution in [0.1, 0.15) is 34.7 Å². The fourth-order valence-corrected chi connectivity index (χ4v) is 2.74. The van der Waals surface area contributed by atoms with Gasteiger partial charge in [0.15, 0.2) is 0 Å². The molecule has 0 aromatic heterocycles. The summed E-state index contributed by atoms with van der Waals surface area (Å²) < 4.78 is 1.07. The first-order valence-electron chi connectivity index (χ1n) is 6.45. The Kier molecular flexibility index (Phi) is 3.84. The highest BCUT2D eigenvalue weighted by molar-refractivity contribution is 9.10. The van der Waals surface area contributed by atoms with Gasteiger partial charge in [-0.2, -0.15) is 0 Å². The molecule has 100 valence electrons. The molecule has 0 aliphatic heterocycles. The summed E-state index contributed by atoms with van der Waals surface area (Å²) in [7, 11) is 0. The third-order valence-electron chi connectivity index (χ3n) is 3.84. The van der Waals surface area contributed by atoms with Crippen LogP contribution in [0.2, 0.25) is 0 Å². The summed E-state index contributed by atoms with van der Waals surface area (Å²) in [6.45, 7) is 8.48. The zero-order valence-electron chi connectivity index (χ0n) is 11.9. The molecule has 1 unspecified atom stereocenters. The topological polar surface area (TPSA) is 26.0 Å². The fourth-order valence-electron chi connectivity index (χ4n) is 2.47. The van der Waals surface area contributed by atoms with E-state index in [2.05, 4.69) is 67.9 Å². The van der Waals surface area contributed by atoms with Gasteiger partial charge in [0.2, 0.25) is 0 Å². The maximum absolute atomic E-state index is 6.61. The quantitative estimate of drug-likeness (QED) is 0.860. The van der Waals surface area contributed by atoms with E-state index in [-0.39, 0.29) is 0 Å². The van der Waals surface area contributed by atoms with Gasteiger partial charge >= 0.3 is 0 Å². The van der Waals surface area contributed by atoms with Crippen molar-refractivity contribution in [2.24, 2.45) is 5.73 Å². The van der Waals surface area contributed by atoms with Crippen molar-refractivity contribution >= 4 is 15.9 Å². The lowest BCUT2D eigenvalue weighted by Gasteiger charge is -2.28. The summed E-state index contributed by atoms with van der Waals surface area (Å²) in [6, 6.07) is 12.7. The monoisotopic (exact) mass is 317 g/mol. The van der Waals surface area contributed by atoms with Crippen LogP contribution in [0.25, 0.3) is 0 Å². The third-order valence-corrected chi connectivity index (χ3v) is 4.37. The Labute approximate surface area is 124 Å². The van der Waals surface area contributed by atoms with Crippen LogP contribution in [0.5, 0.6) is 0 Å². The molecule has 1 atom stereocenters. The normalized spacial score (nSPS) is 14.2. The molecule has 0 saturated carbocycles. The van der Waals surface area contributed by atoms with Crippen LogP contribution in [0.3, 0.4) is 0 Å². The standard InChI is InChI=1S/C17H20BrN/c1-11-9-13(3)16(10-12(11)2)17(4,19)14-5-7-15(18)8-6-14/h5-10H,19H2,1-4H3. The summed E-state index contributed by atoms with van der Waals surface area (Å²) in [6.07, 6.45) is 0. The maximum atomic E-state index is 6.61. The van der Waals surface area contributed by atoms with E-state index in [9.17, 15) is 0 Å². The van der Waals surface area contributed by atoms with Crippen molar-refractivity contribution in [3.8, 4) is 0 Å². The number of hydrogen-bond donors (Lipinski definition) is 1. The molecular weight excluding hydrogens is 298 g/mol. The van der Waals surface area contributed by atoms with Crippen LogP contribution >= 0.6 is 15.9 Å². The molecule has 0 radical (unpaired) electrons. The Hall–Kier alpha value is -1.12. The molecule has 0 fully saturated rings. The summed E-state index contributed by atoms with van der Waals surface area (Å²) in [5.41, 5.74) is 12.3. The maximum Gasteiger partial charge on any atom is 0.0639 e. The first-order valence-corrected chi connectivity index (χ1v) is 7.25. The van der Waals surface area contributed by atoms with Crippen LogP contribution in [0.15, 0.2) is 40.9 Å². The summed E-state index contributed by atoms with van der Waals surface area (Å²) in [5.74, 6) is 0. The number of halogens is 1. The molecule has 0 saturated heterocycles. The number of rotatable bonds is 2. The molecule has 2 aromatic carbocycles. The average Bonchev–Trinajstić information content (AvgIpc) is 2.34. The minimum atomic E-state index is -0.469. The van der Waals surface area contributed by atoms with Gasteiger partial charge < -0.3 is 5.73 Å². The lowest BCUT2D eigenvalue weighted by atomic mass is 9.82. The first kappa shape index (κ1) is 14.3. The van der Waals surface area contributed by atoms with Crippen LogP contribution in [0, 0.1) is 20.8 Å². The molecule has 2 aromatic rings. The lowest BCUT2D eigenvalue weighted by Crippen LogP contribution is -2.35. The average molecular weight is 318 g/mol. The molecule has 19 heavy (non-hydrogen) atoms. The van der Waals surface area contributed by atoms with E-state index in [0.717, 1.165) is 10.0 Å². The van der Waals surface area contributed by atoms with Gasteiger partial charge in [-0.05, 0) is 67.6 Å². The Morgan fingerprint density at radius 2 is 1.42 bits per heavy atom. The van der Waals surface area contributed by atoms with Gasteiger partial charge in [0.1, 0.15) is 0 Å². The minimum Gasteiger partial charge on any atom is -0.318 e. The minimum absolute atomic E-state index is 0.469. The number of benzene rings is 2. The van der Waals surface area contributed by atoms with Crippen LogP contribution in [0.4, 0.5) is 0 Å². The van der Waals surface area contributed by atoms with E-state index in [1.165, 1.54) is 22.3 Å². The Morgan fingerprint density at radius 1 is 0.895 bits per heavy atom. The summed E-state index contributed by atoms with van der Waals surface area (Å²) >= 11 is 3.46. The predicted molar refractivity (Wildman–Crippen MR) is 85.4 cm³/mol. The zero-order chi connectivity index (χ0) is 14.2. The molecule has 2 rings (SSSR count). The smallest absolute Gasteiger partial charge is 0.0639 e. The van der Waals surface area contributed by atoms with E-state index in [0.29, 0.717) is 0 Å². The molecular formula is C17H20BrN. The first-order chi connectivity index (χ1) is 8.82. The molecule has 2 N–H and O–H groups in total. The van der Waals surface area contributed by atoms with Crippen LogP contribution in [-0.2, 0) is 5.54 Å². The fraction of sp³-hybridized carbons (Fsp3) is 0.294. The summed E-state index contributed by atoms with van der Waals surface area (Å²) in [4.78, 5) is 0. The van der Waals surface area contributed by atoms with E-state index >= 15 is 0 Å². The summed E-state index contributed by atoms with van der Waals surface area (Å²) in [5, 5.41) is 0. The Bertz CT molecular complexity index is 597. The van der Waals surface area contributed by atoms with Gasteiger partial charge in [0.25, 0.3) is 0 Å². The van der Waals surface area contributed by atoms with Crippen molar-refractivity contribution < 1.29 is 0 Å². The van der Waals surface area contributed by atoms with E-state index in [4.69, 9.17) is 5.73 Å². The van der Waals surface area contributed by atoms with Gasteiger partial charge in [-0.3, -0.25) is 0 Å². The van der Waals surface area contributed by atoms with Gasteiger partial charge in [-0.1, -0.05) is 40.2 Å². The van der Waals surface area contributed by atoms with Crippen molar-refractivity contribution in [2.45, 2.75) is 33.2 Å². The van der Waals surface area contributed by atoms with Crippen molar-refractivity contribution in [2.75, 3.05) is 0 Å². The van der Waals surface area contributed by atoms with E-state index in [1.54, 1.807) is 0 Å². The van der Waals surface area contributed by atoms with Crippen molar-refractivity contribution in [3.05, 3.63) is 68.7 Å². The van der Waals surface area contributed by atoms with Gasteiger partial charge in [-0.15, -0.1) is 0 Å². The largest absolute Gasteiger partial charge is 0.318 e. The molecule has 0 spiro atoms. The molecule has 1 nitrogen and oxygen atoms in total. The predicted octanol–water partition coefficient (Wildman–Crippen LogP) is 4.60. The SMILES string of the molecule is Cc1cc(C)c(C(C)(N)c2ccc(Br)cc2)cc1C. The van der Waals surface area contributed by atoms with Crippen molar-refractivity contribution in [1.29, 1.82) is 0 Å². The van der Waals surface area contributed by atoms with Crippen LogP contribution < -0.4 is 5.73 Å². The Balaban J connectivity index is 2.55. The van der Waals surface area contributed by atoms with E-state index in [1.807, 2.05) is 12.1 Å².